The lowest BCUT2D eigenvalue weighted by Crippen LogP contribution is -2.30. The number of aliphatic hydroxyl groups is 1. The monoisotopic (exact) mass is 1350 g/mol. The summed E-state index contributed by atoms with van der Waals surface area (Å²) in [5.74, 6) is -2.13. The van der Waals surface area contributed by atoms with E-state index < -0.39 is 97.5 Å². The van der Waals surface area contributed by atoms with E-state index in [4.69, 9.17) is 37.0 Å². The molecule has 0 aromatic carbocycles. The van der Waals surface area contributed by atoms with Crippen molar-refractivity contribution in [1.29, 1.82) is 0 Å². The van der Waals surface area contributed by atoms with Crippen LogP contribution in [0.15, 0.2) is 0 Å². The highest BCUT2D eigenvalue weighted by atomic mass is 31.2. The number of ether oxygens (including phenoxy) is 4. The third-order valence-electron chi connectivity index (χ3n) is 17.1. The van der Waals surface area contributed by atoms with Gasteiger partial charge in [-0.15, -0.1) is 0 Å². The van der Waals surface area contributed by atoms with Crippen molar-refractivity contribution in [3.05, 3.63) is 0 Å². The number of carbonyl (C=O) groups is 4. The van der Waals surface area contributed by atoms with E-state index in [1.54, 1.807) is 0 Å². The molecule has 0 rings (SSSR count). The summed E-state index contributed by atoms with van der Waals surface area (Å²) in [6, 6.07) is 0. The molecule has 17 nitrogen and oxygen atoms in total. The summed E-state index contributed by atoms with van der Waals surface area (Å²) >= 11 is 0. The van der Waals surface area contributed by atoms with Crippen LogP contribution in [-0.4, -0.2) is 96.7 Å². The maximum atomic E-state index is 13.0. The van der Waals surface area contributed by atoms with Crippen molar-refractivity contribution < 1.29 is 80.2 Å². The standard InChI is InChI=1S/C73H142O17P2/c1-5-9-13-17-20-23-26-29-32-34-36-39-42-45-48-52-56-60-73(78)90-69(64-84-71(76)58-54-50-46-43-40-38-35-33-30-27-24-21-18-14-10-6-2)66-88-92(81,82)86-62-67(74)61-85-91(79,80)87-65-68(63-83-70(75)57-53-49-16-12-8-4)89-72(77)59-55-51-47-44-41-37-31-28-25-22-19-15-11-7-3/h67-69,74H,5-66H2,1-4H3,(H,79,80)(H,81,82)/t67-,68+,69+/m0/s1. The van der Waals surface area contributed by atoms with Gasteiger partial charge in [0.1, 0.15) is 19.3 Å². The fraction of sp³-hybridized carbons (Fsp3) is 0.945. The number of rotatable bonds is 74. The third-order valence-corrected chi connectivity index (χ3v) is 19.0. The Morgan fingerprint density at radius 1 is 0.261 bits per heavy atom. The second-order valence-corrected chi connectivity index (χ2v) is 29.2. The van der Waals surface area contributed by atoms with Crippen LogP contribution in [0.1, 0.15) is 387 Å². The van der Waals surface area contributed by atoms with Crippen LogP contribution in [0.5, 0.6) is 0 Å². The zero-order chi connectivity index (χ0) is 67.5. The van der Waals surface area contributed by atoms with E-state index >= 15 is 0 Å². The van der Waals surface area contributed by atoms with E-state index in [2.05, 4.69) is 27.7 Å². The Hall–Kier alpha value is -1.94. The molecule has 3 N–H and O–H groups in total. The minimum Gasteiger partial charge on any atom is -0.462 e. The van der Waals surface area contributed by atoms with Gasteiger partial charge in [0.25, 0.3) is 0 Å². The lowest BCUT2D eigenvalue weighted by Gasteiger charge is -2.21. The fourth-order valence-corrected chi connectivity index (χ4v) is 12.8. The van der Waals surface area contributed by atoms with Crippen molar-refractivity contribution in [3.8, 4) is 0 Å². The molecule has 546 valence electrons. The van der Waals surface area contributed by atoms with Gasteiger partial charge in [0.15, 0.2) is 12.2 Å². The highest BCUT2D eigenvalue weighted by Crippen LogP contribution is 2.45. The summed E-state index contributed by atoms with van der Waals surface area (Å²) in [5, 5.41) is 10.6. The van der Waals surface area contributed by atoms with Gasteiger partial charge in [0.2, 0.25) is 0 Å². The van der Waals surface area contributed by atoms with Crippen molar-refractivity contribution in [2.45, 2.75) is 406 Å². The van der Waals surface area contributed by atoms with E-state index in [0.717, 1.165) is 96.3 Å². The predicted octanol–water partition coefficient (Wildman–Crippen LogP) is 21.4. The van der Waals surface area contributed by atoms with Crippen LogP contribution in [0.4, 0.5) is 0 Å². The molecule has 0 fully saturated rings. The zero-order valence-corrected chi connectivity index (χ0v) is 61.3. The third kappa shape index (κ3) is 66.7. The van der Waals surface area contributed by atoms with Gasteiger partial charge in [-0.05, 0) is 25.7 Å². The number of esters is 4. The van der Waals surface area contributed by atoms with Crippen molar-refractivity contribution in [2.24, 2.45) is 0 Å². The molecule has 19 heteroatoms. The first kappa shape index (κ1) is 90.1. The van der Waals surface area contributed by atoms with E-state index in [1.807, 2.05) is 0 Å². The summed E-state index contributed by atoms with van der Waals surface area (Å²) in [6.07, 6.45) is 57.2. The Labute approximate surface area is 562 Å². The maximum Gasteiger partial charge on any atom is 0.472 e. The molecule has 0 aromatic rings. The molecule has 0 radical (unpaired) electrons. The molecule has 0 aliphatic heterocycles. The minimum absolute atomic E-state index is 0.107. The Morgan fingerprint density at radius 3 is 0.641 bits per heavy atom. The van der Waals surface area contributed by atoms with Crippen molar-refractivity contribution in [2.75, 3.05) is 39.6 Å². The molecule has 0 aliphatic rings. The molecule has 0 bridgehead atoms. The molecular formula is C73H142O17P2. The highest BCUT2D eigenvalue weighted by Gasteiger charge is 2.30. The average molecular weight is 1350 g/mol. The smallest absolute Gasteiger partial charge is 0.462 e. The van der Waals surface area contributed by atoms with Gasteiger partial charge in [-0.3, -0.25) is 37.3 Å². The fourth-order valence-electron chi connectivity index (χ4n) is 11.2. The Bertz CT molecular complexity index is 1760. The van der Waals surface area contributed by atoms with E-state index in [1.165, 1.54) is 212 Å². The lowest BCUT2D eigenvalue weighted by atomic mass is 10.0. The highest BCUT2D eigenvalue weighted by molar-refractivity contribution is 7.47. The van der Waals surface area contributed by atoms with E-state index in [9.17, 15) is 43.2 Å². The Kier molecular flexibility index (Phi) is 66.2. The van der Waals surface area contributed by atoms with Crippen molar-refractivity contribution in [1.82, 2.24) is 0 Å². The van der Waals surface area contributed by atoms with E-state index in [0.29, 0.717) is 25.7 Å². The second-order valence-electron chi connectivity index (χ2n) is 26.3. The van der Waals surface area contributed by atoms with Crippen molar-refractivity contribution >= 4 is 39.5 Å². The molecular weight excluding hydrogens is 1210 g/mol. The van der Waals surface area contributed by atoms with Gasteiger partial charge >= 0.3 is 39.5 Å². The zero-order valence-electron chi connectivity index (χ0n) is 59.5. The van der Waals surface area contributed by atoms with Gasteiger partial charge < -0.3 is 33.8 Å². The summed E-state index contributed by atoms with van der Waals surface area (Å²) in [5.41, 5.74) is 0. The molecule has 92 heavy (non-hydrogen) atoms. The van der Waals surface area contributed by atoms with Gasteiger partial charge in [0.05, 0.1) is 26.4 Å². The molecule has 0 aliphatic carbocycles. The summed E-state index contributed by atoms with van der Waals surface area (Å²) < 4.78 is 68.2. The first-order valence-electron chi connectivity index (χ1n) is 38.3. The molecule has 0 amide bonds. The van der Waals surface area contributed by atoms with Crippen LogP contribution in [0, 0.1) is 0 Å². The number of hydrogen-bond donors (Lipinski definition) is 3. The second kappa shape index (κ2) is 67.6. The number of unbranched alkanes of at least 4 members (excludes halogenated alkanes) is 48. The van der Waals surface area contributed by atoms with Crippen LogP contribution in [0.2, 0.25) is 0 Å². The Balaban J connectivity index is 5.14. The van der Waals surface area contributed by atoms with Crippen LogP contribution in [0.3, 0.4) is 0 Å². The number of aliphatic hydroxyl groups excluding tert-OH is 1. The number of hydrogen-bond acceptors (Lipinski definition) is 15. The lowest BCUT2D eigenvalue weighted by molar-refractivity contribution is -0.161. The molecule has 0 aromatic heterocycles. The summed E-state index contributed by atoms with van der Waals surface area (Å²) in [6.45, 7) is 4.89. The maximum absolute atomic E-state index is 13.0. The molecule has 0 heterocycles. The van der Waals surface area contributed by atoms with Gasteiger partial charge in [-0.2, -0.15) is 0 Å². The molecule has 0 saturated heterocycles. The number of phosphoric ester groups is 2. The van der Waals surface area contributed by atoms with Gasteiger partial charge in [-0.25, -0.2) is 9.13 Å². The van der Waals surface area contributed by atoms with Crippen LogP contribution in [-0.2, 0) is 65.4 Å². The largest absolute Gasteiger partial charge is 0.472 e. The molecule has 0 spiro atoms. The summed E-state index contributed by atoms with van der Waals surface area (Å²) in [4.78, 5) is 72.4. The molecule has 5 atom stereocenters. The minimum atomic E-state index is -4.95. The van der Waals surface area contributed by atoms with Crippen molar-refractivity contribution in [3.63, 3.8) is 0 Å². The molecule has 2 unspecified atom stereocenters. The first-order chi connectivity index (χ1) is 44.7. The Morgan fingerprint density at radius 2 is 0.435 bits per heavy atom. The molecule has 0 saturated carbocycles. The van der Waals surface area contributed by atoms with E-state index in [-0.39, 0.29) is 25.7 Å². The number of carbonyl (C=O) groups excluding carboxylic acids is 4. The summed E-state index contributed by atoms with van der Waals surface area (Å²) in [7, 11) is -9.89. The average Bonchev–Trinajstić information content (AvgIpc) is 3.74. The van der Waals surface area contributed by atoms with Gasteiger partial charge in [-0.1, -0.05) is 336 Å². The number of phosphoric acid groups is 2. The SMILES string of the molecule is CCCCCCCCCCCCCCCCCCCC(=O)O[C@H](COC(=O)CCCCCCCCCCCCCCCCCC)COP(=O)(O)OC[C@@H](O)COP(=O)(O)OC[C@@H](COC(=O)CCCCCCC)OC(=O)CCCCCCCCCCCCCCCC. The normalized spacial score (nSPS) is 13.9. The van der Waals surface area contributed by atoms with Crippen LogP contribution in [0.25, 0.3) is 0 Å². The van der Waals surface area contributed by atoms with Crippen LogP contribution < -0.4 is 0 Å². The predicted molar refractivity (Wildman–Crippen MR) is 372 cm³/mol. The van der Waals surface area contributed by atoms with Gasteiger partial charge in [0, 0.05) is 25.7 Å². The topological polar surface area (TPSA) is 237 Å². The quantitative estimate of drug-likeness (QED) is 0.0222. The van der Waals surface area contributed by atoms with Crippen LogP contribution >= 0.6 is 15.6 Å². The first-order valence-corrected chi connectivity index (χ1v) is 41.3.